The molecule has 2 aliphatic rings. The summed E-state index contributed by atoms with van der Waals surface area (Å²) in [5, 5.41) is 3.59. The summed E-state index contributed by atoms with van der Waals surface area (Å²) in [6, 6.07) is 0. The van der Waals surface area contributed by atoms with Crippen molar-refractivity contribution in [3.05, 3.63) is 0 Å². The van der Waals surface area contributed by atoms with Crippen LogP contribution in [0.4, 0.5) is 0 Å². The monoisotopic (exact) mass is 203 g/mol. The van der Waals surface area contributed by atoms with Gasteiger partial charge in [0.1, 0.15) is 6.10 Å². The van der Waals surface area contributed by atoms with Gasteiger partial charge in [0.05, 0.1) is 11.5 Å². The van der Waals surface area contributed by atoms with E-state index in [-0.39, 0.29) is 11.0 Å². The molecule has 0 radical (unpaired) electrons. The van der Waals surface area contributed by atoms with E-state index in [1.807, 2.05) is 11.8 Å². The van der Waals surface area contributed by atoms with Gasteiger partial charge in [-0.15, -0.1) is 11.8 Å². The molecule has 2 heterocycles. The molecule has 4 heteroatoms. The van der Waals surface area contributed by atoms with E-state index in [0.717, 1.165) is 26.2 Å². The molecular formula is C9H17NO2S. The van der Waals surface area contributed by atoms with E-state index >= 15 is 0 Å². The number of rotatable bonds is 1. The highest BCUT2D eigenvalue weighted by molar-refractivity contribution is 8.00. The molecule has 2 aliphatic heterocycles. The van der Waals surface area contributed by atoms with Crippen LogP contribution in [0.2, 0.25) is 0 Å². The molecule has 0 aromatic rings. The van der Waals surface area contributed by atoms with Crippen molar-refractivity contribution < 1.29 is 9.47 Å². The average molecular weight is 203 g/mol. The second-order valence-electron chi connectivity index (χ2n) is 3.57. The number of ether oxygens (including phenoxy) is 2. The van der Waals surface area contributed by atoms with Crippen LogP contribution in [0.5, 0.6) is 0 Å². The minimum atomic E-state index is 0.144. The topological polar surface area (TPSA) is 30.5 Å². The van der Waals surface area contributed by atoms with E-state index in [9.17, 15) is 0 Å². The largest absolute Gasteiger partial charge is 0.379 e. The Labute approximate surface area is 83.5 Å². The van der Waals surface area contributed by atoms with E-state index in [4.69, 9.17) is 9.47 Å². The van der Waals surface area contributed by atoms with Gasteiger partial charge in [-0.25, -0.2) is 0 Å². The van der Waals surface area contributed by atoms with Crippen LogP contribution in [0.15, 0.2) is 0 Å². The maximum absolute atomic E-state index is 5.48. The Morgan fingerprint density at radius 1 is 1.62 bits per heavy atom. The first-order valence-electron chi connectivity index (χ1n) is 4.87. The van der Waals surface area contributed by atoms with Crippen molar-refractivity contribution in [2.75, 3.05) is 32.6 Å². The van der Waals surface area contributed by atoms with Gasteiger partial charge < -0.3 is 14.8 Å². The Balaban J connectivity index is 2.06. The lowest BCUT2D eigenvalue weighted by atomic mass is 10.0. The smallest absolute Gasteiger partial charge is 0.108 e. The first kappa shape index (κ1) is 9.77. The Morgan fingerprint density at radius 3 is 3.23 bits per heavy atom. The predicted octanol–water partition coefficient (Wildman–Crippen LogP) is 0.845. The molecule has 0 saturated carbocycles. The lowest BCUT2D eigenvalue weighted by Gasteiger charge is -2.45. The summed E-state index contributed by atoms with van der Waals surface area (Å²) in [6.07, 6.45) is 2.55. The van der Waals surface area contributed by atoms with Gasteiger partial charge >= 0.3 is 0 Å². The standard InChI is InChI=1S/C9H17NO2S/c1-11-8-7-12-5-3-9(8)10-4-2-6-13-9/h8,10H,2-7H2,1H3. The van der Waals surface area contributed by atoms with Crippen molar-refractivity contribution in [3.63, 3.8) is 0 Å². The summed E-state index contributed by atoms with van der Waals surface area (Å²) in [6.45, 7) is 2.71. The predicted molar refractivity (Wildman–Crippen MR) is 54.0 cm³/mol. The van der Waals surface area contributed by atoms with Crippen LogP contribution in [0.1, 0.15) is 12.8 Å². The zero-order chi connectivity index (χ0) is 9.15. The molecule has 0 aromatic carbocycles. The van der Waals surface area contributed by atoms with Crippen molar-refractivity contribution in [2.24, 2.45) is 0 Å². The second-order valence-corrected chi connectivity index (χ2v) is 4.99. The van der Waals surface area contributed by atoms with Crippen LogP contribution in [0.3, 0.4) is 0 Å². The maximum atomic E-state index is 5.48. The lowest BCUT2D eigenvalue weighted by molar-refractivity contribution is -0.0611. The molecule has 2 fully saturated rings. The molecule has 0 aliphatic carbocycles. The van der Waals surface area contributed by atoms with E-state index in [1.54, 1.807) is 7.11 Å². The van der Waals surface area contributed by atoms with Gasteiger partial charge in [-0.3, -0.25) is 0 Å². The highest BCUT2D eigenvalue weighted by atomic mass is 32.2. The molecule has 0 bridgehead atoms. The minimum Gasteiger partial charge on any atom is -0.379 e. The van der Waals surface area contributed by atoms with E-state index < -0.39 is 0 Å². The van der Waals surface area contributed by atoms with Gasteiger partial charge in [0.15, 0.2) is 0 Å². The molecule has 2 rings (SSSR count). The third-order valence-corrected chi connectivity index (χ3v) is 4.42. The molecule has 2 saturated heterocycles. The van der Waals surface area contributed by atoms with Gasteiger partial charge in [-0.2, -0.15) is 0 Å². The summed E-state index contributed by atoms with van der Waals surface area (Å²) < 4.78 is 10.9. The van der Waals surface area contributed by atoms with Crippen LogP contribution < -0.4 is 5.32 Å². The summed E-state index contributed by atoms with van der Waals surface area (Å²) in [5.41, 5.74) is 0. The fraction of sp³-hybridized carbons (Fsp3) is 1.00. The summed E-state index contributed by atoms with van der Waals surface area (Å²) in [7, 11) is 1.78. The number of hydrogen-bond donors (Lipinski definition) is 1. The van der Waals surface area contributed by atoms with Crippen molar-refractivity contribution in [1.82, 2.24) is 5.32 Å². The van der Waals surface area contributed by atoms with Gasteiger partial charge in [-0.05, 0) is 18.7 Å². The first-order valence-corrected chi connectivity index (χ1v) is 5.85. The lowest BCUT2D eigenvalue weighted by Crippen LogP contribution is -2.59. The van der Waals surface area contributed by atoms with Crippen molar-refractivity contribution in [2.45, 2.75) is 23.8 Å². The summed E-state index contributed by atoms with van der Waals surface area (Å²) in [5.74, 6) is 1.24. The molecular weight excluding hydrogens is 186 g/mol. The molecule has 0 aromatic heterocycles. The highest BCUT2D eigenvalue weighted by Crippen LogP contribution is 2.37. The average Bonchev–Trinajstić information content (AvgIpc) is 2.20. The molecule has 0 amide bonds. The Hall–Kier alpha value is 0.230. The fourth-order valence-electron chi connectivity index (χ4n) is 2.01. The van der Waals surface area contributed by atoms with Gasteiger partial charge in [0, 0.05) is 20.1 Å². The number of methoxy groups -OCH3 is 1. The Morgan fingerprint density at radius 2 is 2.54 bits per heavy atom. The molecule has 13 heavy (non-hydrogen) atoms. The number of nitrogens with one attached hydrogen (secondary N) is 1. The number of thioether (sulfide) groups is 1. The number of hydrogen-bond acceptors (Lipinski definition) is 4. The van der Waals surface area contributed by atoms with E-state index in [1.165, 1.54) is 12.2 Å². The zero-order valence-corrected chi connectivity index (χ0v) is 8.86. The summed E-state index contributed by atoms with van der Waals surface area (Å²) >= 11 is 2.00. The normalized spacial score (nSPS) is 40.8. The fourth-order valence-corrected chi connectivity index (χ4v) is 3.45. The third-order valence-electron chi connectivity index (χ3n) is 2.80. The van der Waals surface area contributed by atoms with E-state index in [2.05, 4.69) is 5.32 Å². The van der Waals surface area contributed by atoms with Gasteiger partial charge in [0.25, 0.3) is 0 Å². The molecule has 3 nitrogen and oxygen atoms in total. The zero-order valence-electron chi connectivity index (χ0n) is 8.04. The van der Waals surface area contributed by atoms with Crippen molar-refractivity contribution in [3.8, 4) is 0 Å². The molecule has 2 unspecified atom stereocenters. The third kappa shape index (κ3) is 1.86. The quantitative estimate of drug-likeness (QED) is 0.684. The van der Waals surface area contributed by atoms with Crippen molar-refractivity contribution >= 4 is 11.8 Å². The van der Waals surface area contributed by atoms with Crippen molar-refractivity contribution in [1.29, 1.82) is 0 Å². The Kier molecular flexibility index (Phi) is 3.14. The van der Waals surface area contributed by atoms with Crippen LogP contribution in [-0.4, -0.2) is 43.6 Å². The Bertz CT molecular complexity index is 163. The van der Waals surface area contributed by atoms with Crippen LogP contribution in [0, 0.1) is 0 Å². The first-order chi connectivity index (χ1) is 6.37. The SMILES string of the molecule is COC1COCCC12NCCCS2. The molecule has 1 N–H and O–H groups in total. The van der Waals surface area contributed by atoms with Gasteiger partial charge in [-0.1, -0.05) is 0 Å². The maximum Gasteiger partial charge on any atom is 0.108 e. The van der Waals surface area contributed by atoms with Crippen LogP contribution >= 0.6 is 11.8 Å². The molecule has 76 valence electrons. The molecule has 2 atom stereocenters. The highest BCUT2D eigenvalue weighted by Gasteiger charge is 2.43. The molecule has 1 spiro atoms. The summed E-state index contributed by atoms with van der Waals surface area (Å²) in [4.78, 5) is 0.144. The minimum absolute atomic E-state index is 0.144. The van der Waals surface area contributed by atoms with Crippen LogP contribution in [0.25, 0.3) is 0 Å². The van der Waals surface area contributed by atoms with E-state index in [0.29, 0.717) is 0 Å². The second kappa shape index (κ2) is 4.17. The van der Waals surface area contributed by atoms with Gasteiger partial charge in [0.2, 0.25) is 0 Å². The van der Waals surface area contributed by atoms with Crippen LogP contribution in [-0.2, 0) is 9.47 Å².